The Bertz CT molecular complexity index is 273. The van der Waals surface area contributed by atoms with E-state index in [1.165, 1.54) is 0 Å². The monoisotopic (exact) mass is 213 g/mol. The van der Waals surface area contributed by atoms with Gasteiger partial charge < -0.3 is 10.5 Å². The van der Waals surface area contributed by atoms with Crippen molar-refractivity contribution in [3.05, 3.63) is 28.2 Å². The summed E-state index contributed by atoms with van der Waals surface area (Å²) in [7, 11) is 0. The first kappa shape index (κ1) is 8.27. The van der Waals surface area contributed by atoms with E-state index in [9.17, 15) is 4.79 Å². The van der Waals surface area contributed by atoms with Gasteiger partial charge in [0.05, 0.1) is 0 Å². The van der Waals surface area contributed by atoms with E-state index < -0.39 is 0 Å². The van der Waals surface area contributed by atoms with Gasteiger partial charge in [0.15, 0.2) is 0 Å². The normalized spacial score (nSPS) is 9.55. The Morgan fingerprint density at radius 2 is 2.27 bits per heavy atom. The van der Waals surface area contributed by atoms with E-state index >= 15 is 0 Å². The molecule has 0 aliphatic rings. The Hall–Kier alpha value is -0.830. The second kappa shape index (κ2) is 3.53. The van der Waals surface area contributed by atoms with E-state index in [4.69, 9.17) is 5.73 Å². The van der Waals surface area contributed by atoms with Gasteiger partial charge >= 0.3 is 0 Å². The van der Waals surface area contributed by atoms with Crippen molar-refractivity contribution in [1.82, 2.24) is 0 Å². The van der Waals surface area contributed by atoms with Crippen LogP contribution in [0.25, 0.3) is 0 Å². The van der Waals surface area contributed by atoms with Gasteiger partial charge in [-0.3, -0.25) is 0 Å². The van der Waals surface area contributed by atoms with Crippen LogP contribution in [0.4, 0.5) is 5.69 Å². The Labute approximate surface area is 73.5 Å². The summed E-state index contributed by atoms with van der Waals surface area (Å²) in [4.78, 5) is 10.2. The molecule has 0 saturated carbocycles. The van der Waals surface area contributed by atoms with E-state index in [2.05, 4.69) is 15.9 Å². The van der Waals surface area contributed by atoms with Crippen LogP contribution in [-0.2, 0) is 11.2 Å². The Morgan fingerprint density at radius 3 is 2.91 bits per heavy atom. The molecule has 2 nitrogen and oxygen atoms in total. The fourth-order valence-electron chi connectivity index (χ4n) is 0.841. The third-order valence-electron chi connectivity index (χ3n) is 1.41. The number of halogens is 1. The van der Waals surface area contributed by atoms with Crippen LogP contribution < -0.4 is 5.73 Å². The maximum absolute atomic E-state index is 10.2. The number of aldehydes is 1. The molecule has 0 spiro atoms. The van der Waals surface area contributed by atoms with Crippen molar-refractivity contribution in [2.24, 2.45) is 0 Å². The first-order valence-electron chi connectivity index (χ1n) is 3.21. The van der Waals surface area contributed by atoms with Crippen LogP contribution >= 0.6 is 15.9 Å². The highest BCUT2D eigenvalue weighted by Gasteiger charge is 1.97. The summed E-state index contributed by atoms with van der Waals surface area (Å²) in [6.45, 7) is 0. The lowest BCUT2D eigenvalue weighted by atomic mass is 10.1. The summed E-state index contributed by atoms with van der Waals surface area (Å²) in [5.74, 6) is 0. The highest BCUT2D eigenvalue weighted by Crippen LogP contribution is 2.17. The molecule has 0 aromatic heterocycles. The zero-order valence-electron chi connectivity index (χ0n) is 5.88. The predicted molar refractivity (Wildman–Crippen MR) is 48.3 cm³/mol. The molecule has 3 heteroatoms. The summed E-state index contributed by atoms with van der Waals surface area (Å²) < 4.78 is 0.948. The van der Waals surface area contributed by atoms with E-state index in [0.717, 1.165) is 16.3 Å². The first-order chi connectivity index (χ1) is 5.24. The molecule has 58 valence electrons. The molecule has 0 fully saturated rings. The maximum atomic E-state index is 10.2. The van der Waals surface area contributed by atoms with Gasteiger partial charge in [0.25, 0.3) is 0 Å². The van der Waals surface area contributed by atoms with Gasteiger partial charge in [-0.05, 0) is 23.8 Å². The van der Waals surface area contributed by atoms with Gasteiger partial charge in [-0.25, -0.2) is 0 Å². The zero-order chi connectivity index (χ0) is 8.27. The summed E-state index contributed by atoms with van der Waals surface area (Å²) in [5.41, 5.74) is 7.13. The number of anilines is 1. The number of rotatable bonds is 2. The largest absolute Gasteiger partial charge is 0.398 e. The lowest BCUT2D eigenvalue weighted by Gasteiger charge is -2.00. The number of benzene rings is 1. The van der Waals surface area contributed by atoms with E-state index in [1.807, 2.05) is 12.1 Å². The molecule has 0 heterocycles. The molecule has 1 aromatic rings. The van der Waals surface area contributed by atoms with Crippen molar-refractivity contribution in [3.63, 3.8) is 0 Å². The van der Waals surface area contributed by atoms with Gasteiger partial charge in [-0.1, -0.05) is 15.9 Å². The van der Waals surface area contributed by atoms with Crippen LogP contribution in [0.5, 0.6) is 0 Å². The topological polar surface area (TPSA) is 43.1 Å². The predicted octanol–water partition coefficient (Wildman–Crippen LogP) is 1.77. The molecule has 0 aliphatic heterocycles. The van der Waals surface area contributed by atoms with Gasteiger partial charge in [0, 0.05) is 16.6 Å². The molecule has 0 saturated heterocycles. The summed E-state index contributed by atoms with van der Waals surface area (Å²) in [6.07, 6.45) is 1.23. The minimum absolute atomic E-state index is 0.380. The molecule has 0 amide bonds. The van der Waals surface area contributed by atoms with Crippen molar-refractivity contribution in [3.8, 4) is 0 Å². The SMILES string of the molecule is Nc1ccc(Br)cc1CC=O. The van der Waals surface area contributed by atoms with Crippen LogP contribution in [0, 0.1) is 0 Å². The summed E-state index contributed by atoms with van der Waals surface area (Å²) in [5, 5.41) is 0. The van der Waals surface area contributed by atoms with Crippen LogP contribution in [0.15, 0.2) is 22.7 Å². The van der Waals surface area contributed by atoms with Crippen molar-refractivity contribution in [2.75, 3.05) is 5.73 Å². The average molecular weight is 214 g/mol. The van der Waals surface area contributed by atoms with Crippen molar-refractivity contribution >= 4 is 27.9 Å². The Kier molecular flexibility index (Phi) is 2.65. The summed E-state index contributed by atoms with van der Waals surface area (Å²) >= 11 is 3.29. The van der Waals surface area contributed by atoms with Crippen molar-refractivity contribution in [2.45, 2.75) is 6.42 Å². The fraction of sp³-hybridized carbons (Fsp3) is 0.125. The number of carbonyl (C=O) groups is 1. The Morgan fingerprint density at radius 1 is 1.55 bits per heavy atom. The fourth-order valence-corrected chi connectivity index (χ4v) is 1.25. The summed E-state index contributed by atoms with van der Waals surface area (Å²) in [6, 6.07) is 5.48. The molecule has 1 rings (SSSR count). The number of carbonyl (C=O) groups excluding carboxylic acids is 1. The average Bonchev–Trinajstić information content (AvgIpc) is 1.98. The molecule has 1 aromatic carbocycles. The molecule has 0 aliphatic carbocycles. The number of nitrogens with two attached hydrogens (primary N) is 1. The van der Waals surface area contributed by atoms with Crippen LogP contribution in [-0.4, -0.2) is 6.29 Å². The van der Waals surface area contributed by atoms with Gasteiger partial charge in [0.1, 0.15) is 6.29 Å². The number of hydrogen-bond acceptors (Lipinski definition) is 2. The molecular weight excluding hydrogens is 206 g/mol. The zero-order valence-corrected chi connectivity index (χ0v) is 7.47. The highest BCUT2D eigenvalue weighted by atomic mass is 79.9. The van der Waals surface area contributed by atoms with Crippen LogP contribution in [0.2, 0.25) is 0 Å². The van der Waals surface area contributed by atoms with Gasteiger partial charge in [-0.15, -0.1) is 0 Å². The van der Waals surface area contributed by atoms with Crippen LogP contribution in [0.1, 0.15) is 5.56 Å². The van der Waals surface area contributed by atoms with E-state index in [0.29, 0.717) is 12.1 Å². The number of hydrogen-bond donors (Lipinski definition) is 1. The van der Waals surface area contributed by atoms with E-state index in [-0.39, 0.29) is 0 Å². The van der Waals surface area contributed by atoms with Gasteiger partial charge in [0.2, 0.25) is 0 Å². The molecular formula is C8H8BrNO. The third-order valence-corrected chi connectivity index (χ3v) is 1.90. The lowest BCUT2D eigenvalue weighted by Crippen LogP contribution is -1.94. The third kappa shape index (κ3) is 2.05. The second-order valence-corrected chi connectivity index (χ2v) is 3.13. The van der Waals surface area contributed by atoms with Crippen LogP contribution in [0.3, 0.4) is 0 Å². The highest BCUT2D eigenvalue weighted by molar-refractivity contribution is 9.10. The van der Waals surface area contributed by atoms with Gasteiger partial charge in [-0.2, -0.15) is 0 Å². The van der Waals surface area contributed by atoms with Crippen molar-refractivity contribution in [1.29, 1.82) is 0 Å². The molecule has 0 radical (unpaired) electrons. The first-order valence-corrected chi connectivity index (χ1v) is 4.01. The quantitative estimate of drug-likeness (QED) is 0.602. The smallest absolute Gasteiger partial charge is 0.124 e. The standard InChI is InChI=1S/C8H8BrNO/c9-7-1-2-8(10)6(5-7)3-4-11/h1-2,4-5H,3,10H2. The molecule has 2 N–H and O–H groups in total. The molecule has 11 heavy (non-hydrogen) atoms. The molecule has 0 unspecified atom stereocenters. The minimum atomic E-state index is 0.380. The second-order valence-electron chi connectivity index (χ2n) is 2.21. The molecule has 0 atom stereocenters. The van der Waals surface area contributed by atoms with E-state index in [1.54, 1.807) is 6.07 Å². The minimum Gasteiger partial charge on any atom is -0.398 e. The van der Waals surface area contributed by atoms with Crippen molar-refractivity contribution < 1.29 is 4.79 Å². The maximum Gasteiger partial charge on any atom is 0.124 e. The lowest BCUT2D eigenvalue weighted by molar-refractivity contribution is -0.107. The number of nitrogen functional groups attached to an aromatic ring is 1. The Balaban J connectivity index is 3.01. The molecule has 0 bridgehead atoms.